The predicted molar refractivity (Wildman–Crippen MR) is 104 cm³/mol. The summed E-state index contributed by atoms with van der Waals surface area (Å²) in [5.74, 6) is 0.849. The summed E-state index contributed by atoms with van der Waals surface area (Å²) < 4.78 is 12.4. The van der Waals surface area contributed by atoms with Crippen molar-refractivity contribution in [2.24, 2.45) is 0 Å². The monoisotopic (exact) mass is 379 g/mol. The highest BCUT2D eigenvalue weighted by atomic mass is 35.5. The van der Waals surface area contributed by atoms with Gasteiger partial charge in [0.2, 0.25) is 0 Å². The van der Waals surface area contributed by atoms with E-state index in [1.807, 2.05) is 10.7 Å². The molecule has 6 nitrogen and oxygen atoms in total. The van der Waals surface area contributed by atoms with E-state index in [1.54, 1.807) is 12.1 Å². The zero-order chi connectivity index (χ0) is 19.6. The number of nitrogens with zero attached hydrogens (tertiary/aromatic N) is 2. The van der Waals surface area contributed by atoms with Gasteiger partial charge in [-0.25, -0.2) is 0 Å². The summed E-state index contributed by atoms with van der Waals surface area (Å²) in [6.07, 6.45) is 0. The summed E-state index contributed by atoms with van der Waals surface area (Å²) in [4.78, 5) is 12.7. The predicted octanol–water partition coefficient (Wildman–Crippen LogP) is 4.68. The molecule has 0 unspecified atom stereocenters. The maximum atomic E-state index is 12.7. The Bertz CT molecular complexity index is 807. The number of nitrogens with one attached hydrogen (secondary N) is 1. The van der Waals surface area contributed by atoms with E-state index in [0.717, 1.165) is 5.69 Å². The number of hydrogen-bond acceptors (Lipinski definition) is 4. The first kappa shape index (κ1) is 20.1. The van der Waals surface area contributed by atoms with Crippen LogP contribution in [0.25, 0.3) is 0 Å². The molecule has 1 N–H and O–H groups in total. The van der Waals surface area contributed by atoms with Gasteiger partial charge in [-0.05, 0) is 38.8 Å². The molecule has 26 heavy (non-hydrogen) atoms. The molecule has 0 aliphatic carbocycles. The second-order valence-electron chi connectivity index (χ2n) is 7.33. The van der Waals surface area contributed by atoms with E-state index in [9.17, 15) is 4.79 Å². The van der Waals surface area contributed by atoms with Gasteiger partial charge in [0.25, 0.3) is 5.91 Å². The minimum absolute atomic E-state index is 0.223. The average molecular weight is 380 g/mol. The van der Waals surface area contributed by atoms with E-state index < -0.39 is 0 Å². The molecule has 2 aromatic rings. The van der Waals surface area contributed by atoms with E-state index >= 15 is 0 Å². The molecule has 1 aromatic heterocycles. The molecule has 0 bridgehead atoms. The Labute approximate surface area is 159 Å². The third kappa shape index (κ3) is 4.12. The van der Waals surface area contributed by atoms with Crippen LogP contribution in [0.5, 0.6) is 11.5 Å². The first-order chi connectivity index (χ1) is 12.1. The fourth-order valence-corrected chi connectivity index (χ4v) is 2.84. The third-order valence-corrected chi connectivity index (χ3v) is 4.21. The van der Waals surface area contributed by atoms with Gasteiger partial charge in [-0.3, -0.25) is 9.48 Å². The van der Waals surface area contributed by atoms with Crippen LogP contribution in [0.15, 0.2) is 18.2 Å². The van der Waals surface area contributed by atoms with Gasteiger partial charge in [-0.2, -0.15) is 5.10 Å². The SMILES string of the molecule is COc1cc(OC)c(NC(=O)c2cc(C(C)C)n(C(C)(C)C)n2)cc1Cl. The largest absolute Gasteiger partial charge is 0.495 e. The smallest absolute Gasteiger partial charge is 0.276 e. The normalized spacial score (nSPS) is 11.6. The van der Waals surface area contributed by atoms with E-state index in [-0.39, 0.29) is 17.4 Å². The molecule has 1 heterocycles. The minimum atomic E-state index is -0.325. The van der Waals surface area contributed by atoms with Crippen molar-refractivity contribution in [3.63, 3.8) is 0 Å². The highest BCUT2D eigenvalue weighted by molar-refractivity contribution is 6.32. The maximum absolute atomic E-state index is 12.7. The van der Waals surface area contributed by atoms with Gasteiger partial charge in [-0.15, -0.1) is 0 Å². The van der Waals surface area contributed by atoms with Crippen LogP contribution in [0.1, 0.15) is 56.7 Å². The first-order valence-electron chi connectivity index (χ1n) is 8.41. The van der Waals surface area contributed by atoms with Crippen LogP contribution in [-0.2, 0) is 5.54 Å². The van der Waals surface area contributed by atoms with Crippen molar-refractivity contribution >= 4 is 23.2 Å². The first-order valence-corrected chi connectivity index (χ1v) is 8.79. The molecule has 7 heteroatoms. The summed E-state index contributed by atoms with van der Waals surface area (Å²) in [5.41, 5.74) is 1.58. The average Bonchev–Trinajstić information content (AvgIpc) is 3.01. The van der Waals surface area contributed by atoms with Crippen LogP contribution < -0.4 is 14.8 Å². The zero-order valence-corrected chi connectivity index (χ0v) is 17.1. The number of halogens is 1. The Morgan fingerprint density at radius 3 is 2.23 bits per heavy atom. The minimum Gasteiger partial charge on any atom is -0.495 e. The Morgan fingerprint density at radius 2 is 1.77 bits per heavy atom. The van der Waals surface area contributed by atoms with Crippen LogP contribution in [0, 0.1) is 0 Å². The van der Waals surface area contributed by atoms with Gasteiger partial charge in [0, 0.05) is 11.8 Å². The van der Waals surface area contributed by atoms with Gasteiger partial charge in [0.05, 0.1) is 30.5 Å². The highest BCUT2D eigenvalue weighted by Crippen LogP contribution is 2.36. The Kier molecular flexibility index (Phi) is 5.86. The zero-order valence-electron chi connectivity index (χ0n) is 16.3. The molecular formula is C19H26ClN3O3. The summed E-state index contributed by atoms with van der Waals surface area (Å²) >= 11 is 6.17. The number of methoxy groups -OCH3 is 2. The summed E-state index contributed by atoms with van der Waals surface area (Å²) in [7, 11) is 3.04. The number of aromatic nitrogens is 2. The molecule has 0 aliphatic heterocycles. The molecule has 0 fully saturated rings. The fourth-order valence-electron chi connectivity index (χ4n) is 2.60. The van der Waals surface area contributed by atoms with E-state index in [4.69, 9.17) is 21.1 Å². The van der Waals surface area contributed by atoms with Crippen molar-refractivity contribution in [1.82, 2.24) is 9.78 Å². The molecule has 1 aromatic carbocycles. The summed E-state index contributed by atoms with van der Waals surface area (Å²) in [6, 6.07) is 5.05. The molecule has 0 saturated heterocycles. The molecule has 0 saturated carbocycles. The number of carbonyl (C=O) groups is 1. The summed E-state index contributed by atoms with van der Waals surface area (Å²) in [6.45, 7) is 10.3. The van der Waals surface area contributed by atoms with E-state index in [2.05, 4.69) is 45.0 Å². The molecular weight excluding hydrogens is 354 g/mol. The van der Waals surface area contributed by atoms with E-state index in [0.29, 0.717) is 27.9 Å². The number of rotatable bonds is 5. The number of ether oxygens (including phenoxy) is 2. The lowest BCUT2D eigenvalue weighted by Crippen LogP contribution is -2.26. The fraction of sp³-hybridized carbons (Fsp3) is 0.474. The van der Waals surface area contributed by atoms with Crippen molar-refractivity contribution in [2.75, 3.05) is 19.5 Å². The van der Waals surface area contributed by atoms with Crippen molar-refractivity contribution in [3.05, 3.63) is 34.6 Å². The quantitative estimate of drug-likeness (QED) is 0.818. The van der Waals surface area contributed by atoms with Crippen molar-refractivity contribution in [1.29, 1.82) is 0 Å². The van der Waals surface area contributed by atoms with Crippen molar-refractivity contribution < 1.29 is 14.3 Å². The number of amides is 1. The number of carbonyl (C=O) groups excluding carboxylic acids is 1. The second kappa shape index (κ2) is 7.58. The van der Waals surface area contributed by atoms with Gasteiger partial charge in [-0.1, -0.05) is 25.4 Å². The van der Waals surface area contributed by atoms with Gasteiger partial charge < -0.3 is 14.8 Å². The number of benzene rings is 1. The molecule has 142 valence electrons. The van der Waals surface area contributed by atoms with Crippen LogP contribution >= 0.6 is 11.6 Å². The van der Waals surface area contributed by atoms with Crippen molar-refractivity contribution in [2.45, 2.75) is 46.1 Å². The number of hydrogen-bond donors (Lipinski definition) is 1. The molecule has 2 rings (SSSR count). The lowest BCUT2D eigenvalue weighted by atomic mass is 10.1. The van der Waals surface area contributed by atoms with Gasteiger partial charge >= 0.3 is 0 Å². The maximum Gasteiger partial charge on any atom is 0.276 e. The van der Waals surface area contributed by atoms with Gasteiger partial charge in [0.1, 0.15) is 11.5 Å². The van der Waals surface area contributed by atoms with Crippen molar-refractivity contribution in [3.8, 4) is 11.5 Å². The molecule has 0 radical (unpaired) electrons. The van der Waals surface area contributed by atoms with Crippen LogP contribution in [0.2, 0.25) is 5.02 Å². The second-order valence-corrected chi connectivity index (χ2v) is 7.74. The van der Waals surface area contributed by atoms with Crippen LogP contribution in [0.3, 0.4) is 0 Å². The Hall–Kier alpha value is -2.21. The molecule has 1 amide bonds. The Morgan fingerprint density at radius 1 is 1.15 bits per heavy atom. The highest BCUT2D eigenvalue weighted by Gasteiger charge is 2.24. The lowest BCUT2D eigenvalue weighted by molar-refractivity contribution is 0.102. The third-order valence-electron chi connectivity index (χ3n) is 3.92. The number of anilines is 1. The Balaban J connectivity index is 2.38. The molecule has 0 aliphatic rings. The summed E-state index contributed by atoms with van der Waals surface area (Å²) in [5, 5.41) is 7.72. The molecule has 0 atom stereocenters. The lowest BCUT2D eigenvalue weighted by Gasteiger charge is -2.23. The topological polar surface area (TPSA) is 65.4 Å². The standard InChI is InChI=1S/C19H26ClN3O3/c1-11(2)15-9-14(22-23(15)19(3,4)5)18(24)21-13-8-12(20)16(25-6)10-17(13)26-7/h8-11H,1-7H3,(H,21,24). The molecule has 0 spiro atoms. The van der Waals surface area contributed by atoms with Crippen LogP contribution in [0.4, 0.5) is 5.69 Å². The van der Waals surface area contributed by atoms with Crippen LogP contribution in [-0.4, -0.2) is 29.9 Å². The van der Waals surface area contributed by atoms with E-state index in [1.165, 1.54) is 14.2 Å². The van der Waals surface area contributed by atoms with Gasteiger partial charge in [0.15, 0.2) is 5.69 Å².